The number of rotatable bonds is 11. The highest BCUT2D eigenvalue weighted by molar-refractivity contribution is 5.92. The number of hydrogen-bond donors (Lipinski definition) is 2. The van der Waals surface area contributed by atoms with Crippen LogP contribution in [0.1, 0.15) is 97.7 Å². The molecule has 0 spiro atoms. The second-order valence-corrected chi connectivity index (χ2v) is 11.0. The van der Waals surface area contributed by atoms with E-state index >= 15 is 0 Å². The Balaban J connectivity index is 2.45. The number of hydrogen-bond acceptors (Lipinski definition) is 4. The summed E-state index contributed by atoms with van der Waals surface area (Å²) in [6, 6.07) is 6.19. The van der Waals surface area contributed by atoms with E-state index in [4.69, 9.17) is 4.74 Å². The van der Waals surface area contributed by atoms with Crippen molar-refractivity contribution in [3.63, 3.8) is 0 Å². The minimum Gasteiger partial charge on any atom is -0.444 e. The molecule has 196 valence electrons. The molecular weight excluding hydrogens is 442 g/mol. The van der Waals surface area contributed by atoms with Crippen LogP contribution < -0.4 is 10.6 Å². The molecule has 0 aromatic heterocycles. The van der Waals surface area contributed by atoms with Gasteiger partial charge in [0.2, 0.25) is 11.8 Å². The normalized spacial score (nSPS) is 17.0. The Labute approximate surface area is 211 Å². The molecule has 0 heterocycles. The number of ether oxygens (including phenoxy) is 1. The van der Waals surface area contributed by atoms with Crippen LogP contribution in [0.4, 0.5) is 4.79 Å². The number of nitrogens with zero attached hydrogens (tertiary/aromatic N) is 1. The second-order valence-electron chi connectivity index (χ2n) is 11.0. The zero-order valence-electron chi connectivity index (χ0n) is 22.8. The van der Waals surface area contributed by atoms with Gasteiger partial charge in [-0.1, -0.05) is 63.4 Å². The molecule has 2 rings (SSSR count). The minimum atomic E-state index is -0.788. The number of carbonyl (C=O) groups is 3. The van der Waals surface area contributed by atoms with Gasteiger partial charge in [0.15, 0.2) is 0 Å². The minimum absolute atomic E-state index is 0.00113. The Hall–Kier alpha value is -2.57. The smallest absolute Gasteiger partial charge is 0.408 e. The molecule has 0 aliphatic heterocycles. The van der Waals surface area contributed by atoms with Crippen LogP contribution in [-0.2, 0) is 14.3 Å². The Morgan fingerprint density at radius 2 is 1.77 bits per heavy atom. The van der Waals surface area contributed by atoms with Gasteiger partial charge in [0, 0.05) is 12.1 Å². The average molecular weight is 488 g/mol. The van der Waals surface area contributed by atoms with Crippen molar-refractivity contribution in [2.24, 2.45) is 5.92 Å². The van der Waals surface area contributed by atoms with Crippen molar-refractivity contribution in [3.05, 3.63) is 35.4 Å². The van der Waals surface area contributed by atoms with Gasteiger partial charge in [-0.05, 0) is 65.4 Å². The fourth-order valence-electron chi connectivity index (χ4n) is 4.25. The van der Waals surface area contributed by atoms with Gasteiger partial charge in [0.1, 0.15) is 17.7 Å². The van der Waals surface area contributed by atoms with Gasteiger partial charge >= 0.3 is 6.09 Å². The van der Waals surface area contributed by atoms with Crippen LogP contribution >= 0.6 is 0 Å². The summed E-state index contributed by atoms with van der Waals surface area (Å²) in [7, 11) is 0. The molecular formula is C28H45N3O4. The van der Waals surface area contributed by atoms with Crippen LogP contribution in [-0.4, -0.2) is 46.5 Å². The van der Waals surface area contributed by atoms with E-state index in [1.165, 1.54) is 0 Å². The fraction of sp³-hybridized carbons (Fsp3) is 0.679. The molecule has 1 aromatic carbocycles. The predicted molar refractivity (Wildman–Crippen MR) is 139 cm³/mol. The standard InChI is InChI=1S/C28H45N3O4/c1-9-12-20(5)29-25(32)24(21-14-11-13-18(3)17-21)31(22-15-16-22)26(33)23(19(4)10-2)30-27(34)35-28(6,7)8/h11,13-14,17,19-20,22-24H,9-10,12,15-16H2,1-8H3,(H,29,32)(H,30,34). The fourth-order valence-corrected chi connectivity index (χ4v) is 4.25. The first-order chi connectivity index (χ1) is 16.4. The van der Waals surface area contributed by atoms with Gasteiger partial charge in [-0.25, -0.2) is 4.79 Å². The lowest BCUT2D eigenvalue weighted by Crippen LogP contribution is -2.56. The first-order valence-corrected chi connectivity index (χ1v) is 13.1. The molecule has 4 unspecified atom stereocenters. The van der Waals surface area contributed by atoms with Crippen LogP contribution in [0, 0.1) is 12.8 Å². The first-order valence-electron chi connectivity index (χ1n) is 13.1. The van der Waals surface area contributed by atoms with Gasteiger partial charge in [0.05, 0.1) is 0 Å². The molecule has 2 N–H and O–H groups in total. The average Bonchev–Trinajstić information content (AvgIpc) is 3.58. The molecule has 7 nitrogen and oxygen atoms in total. The van der Waals surface area contributed by atoms with Gasteiger partial charge in [-0.2, -0.15) is 0 Å². The van der Waals surface area contributed by atoms with Crippen LogP contribution in [0.3, 0.4) is 0 Å². The third kappa shape index (κ3) is 8.55. The molecule has 1 saturated carbocycles. The summed E-state index contributed by atoms with van der Waals surface area (Å²) in [6.07, 6.45) is 3.56. The van der Waals surface area contributed by atoms with E-state index in [0.29, 0.717) is 6.42 Å². The summed E-state index contributed by atoms with van der Waals surface area (Å²) in [6.45, 7) is 15.4. The summed E-state index contributed by atoms with van der Waals surface area (Å²) in [5.74, 6) is -0.550. The maximum absolute atomic E-state index is 14.1. The molecule has 0 bridgehead atoms. The molecule has 3 amide bonds. The zero-order chi connectivity index (χ0) is 26.3. The SMILES string of the molecule is CCCC(C)NC(=O)C(c1cccc(C)c1)N(C(=O)C(NC(=O)OC(C)(C)C)C(C)CC)C1CC1. The topological polar surface area (TPSA) is 87.7 Å². The quantitative estimate of drug-likeness (QED) is 0.445. The van der Waals surface area contributed by atoms with Crippen molar-refractivity contribution in [3.8, 4) is 0 Å². The number of carbonyl (C=O) groups excluding carboxylic acids is 3. The van der Waals surface area contributed by atoms with Crippen molar-refractivity contribution >= 4 is 17.9 Å². The van der Waals surface area contributed by atoms with E-state index in [2.05, 4.69) is 17.6 Å². The van der Waals surface area contributed by atoms with Crippen LogP contribution in [0.25, 0.3) is 0 Å². The molecule has 0 saturated heterocycles. The van der Waals surface area contributed by atoms with Crippen molar-refractivity contribution in [2.75, 3.05) is 0 Å². The van der Waals surface area contributed by atoms with Gasteiger partial charge in [-0.3, -0.25) is 9.59 Å². The highest BCUT2D eigenvalue weighted by Crippen LogP contribution is 2.36. The van der Waals surface area contributed by atoms with Crippen LogP contribution in [0.5, 0.6) is 0 Å². The highest BCUT2D eigenvalue weighted by atomic mass is 16.6. The number of amides is 3. The summed E-state index contributed by atoms with van der Waals surface area (Å²) >= 11 is 0. The summed E-state index contributed by atoms with van der Waals surface area (Å²) in [5.41, 5.74) is 1.13. The summed E-state index contributed by atoms with van der Waals surface area (Å²) in [5, 5.41) is 5.95. The Bertz CT molecular complexity index is 875. The van der Waals surface area contributed by atoms with Crippen molar-refractivity contribution < 1.29 is 19.1 Å². The predicted octanol–water partition coefficient (Wildman–Crippen LogP) is 5.27. The molecule has 35 heavy (non-hydrogen) atoms. The molecule has 1 aromatic rings. The van der Waals surface area contributed by atoms with Crippen LogP contribution in [0.15, 0.2) is 24.3 Å². The molecule has 1 aliphatic rings. The maximum Gasteiger partial charge on any atom is 0.408 e. The summed E-state index contributed by atoms with van der Waals surface area (Å²) in [4.78, 5) is 42.2. The molecule has 1 aliphatic carbocycles. The maximum atomic E-state index is 14.1. The Morgan fingerprint density at radius 1 is 1.11 bits per heavy atom. The molecule has 4 atom stereocenters. The highest BCUT2D eigenvalue weighted by Gasteiger charge is 2.45. The van der Waals surface area contributed by atoms with E-state index < -0.39 is 23.8 Å². The third-order valence-electron chi connectivity index (χ3n) is 6.34. The van der Waals surface area contributed by atoms with Gasteiger partial charge < -0.3 is 20.3 Å². The van der Waals surface area contributed by atoms with E-state index in [0.717, 1.165) is 36.8 Å². The number of alkyl carbamates (subject to hydrolysis) is 1. The van der Waals surface area contributed by atoms with Crippen molar-refractivity contribution in [2.45, 2.75) is 117 Å². The van der Waals surface area contributed by atoms with E-state index in [1.54, 1.807) is 25.7 Å². The molecule has 0 radical (unpaired) electrons. The number of benzene rings is 1. The van der Waals surface area contributed by atoms with E-state index in [-0.39, 0.29) is 29.8 Å². The lowest BCUT2D eigenvalue weighted by Gasteiger charge is -2.36. The largest absolute Gasteiger partial charge is 0.444 e. The first kappa shape index (κ1) is 28.7. The summed E-state index contributed by atoms with van der Waals surface area (Å²) < 4.78 is 5.46. The lowest BCUT2D eigenvalue weighted by atomic mass is 9.95. The molecule has 7 heteroatoms. The number of aryl methyl sites for hydroxylation is 1. The third-order valence-corrected chi connectivity index (χ3v) is 6.34. The Kier molecular flexibility index (Phi) is 10.2. The lowest BCUT2D eigenvalue weighted by molar-refractivity contribution is -0.144. The van der Waals surface area contributed by atoms with Gasteiger partial charge in [-0.15, -0.1) is 0 Å². The molecule has 1 fully saturated rings. The number of nitrogens with one attached hydrogen (secondary N) is 2. The van der Waals surface area contributed by atoms with Crippen LogP contribution in [0.2, 0.25) is 0 Å². The zero-order valence-corrected chi connectivity index (χ0v) is 22.8. The van der Waals surface area contributed by atoms with E-state index in [1.807, 2.05) is 52.0 Å². The monoisotopic (exact) mass is 487 g/mol. The van der Waals surface area contributed by atoms with Crippen molar-refractivity contribution in [1.29, 1.82) is 0 Å². The van der Waals surface area contributed by atoms with Gasteiger partial charge in [0.25, 0.3) is 0 Å². The van der Waals surface area contributed by atoms with E-state index in [9.17, 15) is 14.4 Å². The Morgan fingerprint density at radius 3 is 2.29 bits per heavy atom. The second kappa shape index (κ2) is 12.4. The van der Waals surface area contributed by atoms with Crippen molar-refractivity contribution in [1.82, 2.24) is 15.5 Å².